The Balaban J connectivity index is 1.41. The van der Waals surface area contributed by atoms with E-state index in [0.29, 0.717) is 36.1 Å². The first-order chi connectivity index (χ1) is 19.7. The first-order valence-electron chi connectivity index (χ1n) is 14.2. The van der Waals surface area contributed by atoms with Gasteiger partial charge in [-0.05, 0) is 78.0 Å². The SMILES string of the molecule is C/C=C(/CNC(=O)CN1C(=O)O[C@@]2(CCc3cc(NC(=O)C4(NC(=O)OC(C)(C)C)CCC4)ccc32)C1=O)CC(C)F. The molecule has 1 aromatic rings. The number of alkyl halides is 1. The van der Waals surface area contributed by atoms with Gasteiger partial charge >= 0.3 is 12.2 Å². The van der Waals surface area contributed by atoms with Crippen LogP contribution in [0, 0.1) is 0 Å². The van der Waals surface area contributed by atoms with Gasteiger partial charge in [0.15, 0.2) is 0 Å². The summed E-state index contributed by atoms with van der Waals surface area (Å²) in [7, 11) is 0. The molecule has 2 aliphatic carbocycles. The van der Waals surface area contributed by atoms with E-state index in [9.17, 15) is 28.4 Å². The molecule has 4 rings (SSSR count). The molecule has 3 N–H and O–H groups in total. The highest BCUT2D eigenvalue weighted by Gasteiger charge is 2.58. The molecule has 1 saturated heterocycles. The lowest BCUT2D eigenvalue weighted by Gasteiger charge is -2.40. The number of fused-ring (bicyclic) bond motifs is 2. The van der Waals surface area contributed by atoms with Crippen LogP contribution in [0.1, 0.15) is 77.8 Å². The van der Waals surface area contributed by atoms with Crippen molar-refractivity contribution in [2.45, 2.75) is 96.1 Å². The summed E-state index contributed by atoms with van der Waals surface area (Å²) in [5.41, 5.74) is -0.919. The first-order valence-corrected chi connectivity index (χ1v) is 14.2. The zero-order valence-electron chi connectivity index (χ0n) is 24.7. The van der Waals surface area contributed by atoms with Crippen molar-refractivity contribution in [3.63, 3.8) is 0 Å². The predicted molar refractivity (Wildman–Crippen MR) is 151 cm³/mol. The summed E-state index contributed by atoms with van der Waals surface area (Å²) in [6, 6.07) is 4.98. The Bertz CT molecular complexity index is 1310. The molecule has 1 aromatic carbocycles. The molecule has 1 heterocycles. The number of imide groups is 1. The largest absolute Gasteiger partial charge is 0.444 e. The average molecular weight is 587 g/mol. The van der Waals surface area contributed by atoms with Crippen LogP contribution in [0.25, 0.3) is 0 Å². The normalized spacial score (nSPS) is 21.8. The molecule has 1 spiro atoms. The molecule has 1 unspecified atom stereocenters. The molecule has 42 heavy (non-hydrogen) atoms. The van der Waals surface area contributed by atoms with Crippen molar-refractivity contribution in [1.82, 2.24) is 15.5 Å². The number of aryl methyl sites for hydroxylation is 1. The number of carbonyl (C=O) groups is 5. The average Bonchev–Trinajstić information content (AvgIpc) is 3.34. The van der Waals surface area contributed by atoms with Crippen LogP contribution < -0.4 is 16.0 Å². The van der Waals surface area contributed by atoms with Crippen LogP contribution >= 0.6 is 0 Å². The number of hydrogen-bond acceptors (Lipinski definition) is 7. The summed E-state index contributed by atoms with van der Waals surface area (Å²) < 4.78 is 24.3. The number of carbonyl (C=O) groups excluding carboxylic acids is 5. The molecule has 0 bridgehead atoms. The third-order valence-electron chi connectivity index (χ3n) is 7.77. The number of amides is 5. The Morgan fingerprint density at radius 3 is 2.50 bits per heavy atom. The highest BCUT2D eigenvalue weighted by atomic mass is 19.1. The van der Waals surface area contributed by atoms with E-state index < -0.39 is 53.5 Å². The summed E-state index contributed by atoms with van der Waals surface area (Å²) in [5.74, 6) is -1.56. The van der Waals surface area contributed by atoms with Crippen LogP contribution in [0.2, 0.25) is 0 Å². The fourth-order valence-electron chi connectivity index (χ4n) is 5.48. The fourth-order valence-corrected chi connectivity index (χ4v) is 5.48. The number of hydrogen-bond donors (Lipinski definition) is 3. The molecule has 2 fully saturated rings. The van der Waals surface area contributed by atoms with Gasteiger partial charge in [0, 0.05) is 30.6 Å². The van der Waals surface area contributed by atoms with Crippen molar-refractivity contribution in [3.8, 4) is 0 Å². The second-order valence-corrected chi connectivity index (χ2v) is 12.2. The molecular formula is C30H39FN4O7. The van der Waals surface area contributed by atoms with E-state index in [0.717, 1.165) is 16.9 Å². The summed E-state index contributed by atoms with van der Waals surface area (Å²) >= 11 is 0. The minimum atomic E-state index is -1.54. The highest BCUT2D eigenvalue weighted by molar-refractivity contribution is 6.06. The molecule has 228 valence electrons. The Morgan fingerprint density at radius 1 is 1.19 bits per heavy atom. The number of nitrogens with zero attached hydrogens (tertiary/aromatic N) is 1. The minimum Gasteiger partial charge on any atom is -0.444 e. The number of halogens is 1. The Labute approximate surface area is 244 Å². The number of nitrogens with one attached hydrogen (secondary N) is 3. The molecule has 12 heteroatoms. The van der Waals surface area contributed by atoms with Crippen LogP contribution in [0.3, 0.4) is 0 Å². The lowest BCUT2D eigenvalue weighted by Crippen LogP contribution is -2.61. The van der Waals surface area contributed by atoms with Gasteiger partial charge in [0.1, 0.15) is 23.9 Å². The van der Waals surface area contributed by atoms with Gasteiger partial charge in [-0.2, -0.15) is 0 Å². The van der Waals surface area contributed by atoms with E-state index in [1.807, 2.05) is 0 Å². The maximum atomic E-state index is 13.4. The third kappa shape index (κ3) is 6.42. The maximum absolute atomic E-state index is 13.4. The summed E-state index contributed by atoms with van der Waals surface area (Å²) in [6.07, 6.45) is 1.60. The lowest BCUT2D eigenvalue weighted by atomic mass is 9.76. The summed E-state index contributed by atoms with van der Waals surface area (Å²) in [6.45, 7) is 8.00. The van der Waals surface area contributed by atoms with E-state index in [-0.39, 0.29) is 25.3 Å². The molecule has 3 aliphatic rings. The molecule has 0 radical (unpaired) electrons. The second kappa shape index (κ2) is 11.7. The molecular weight excluding hydrogens is 547 g/mol. The number of allylic oxidation sites excluding steroid dienone is 1. The van der Waals surface area contributed by atoms with Gasteiger partial charge in [0.2, 0.25) is 17.4 Å². The van der Waals surface area contributed by atoms with Gasteiger partial charge in [0.05, 0.1) is 0 Å². The van der Waals surface area contributed by atoms with Crippen molar-refractivity contribution >= 4 is 35.6 Å². The summed E-state index contributed by atoms with van der Waals surface area (Å²) in [4.78, 5) is 65.0. The second-order valence-electron chi connectivity index (χ2n) is 12.2. The molecule has 1 aliphatic heterocycles. The van der Waals surface area contributed by atoms with Crippen LogP contribution in [0.5, 0.6) is 0 Å². The van der Waals surface area contributed by atoms with E-state index in [2.05, 4.69) is 16.0 Å². The van der Waals surface area contributed by atoms with Crippen molar-refractivity contribution in [2.24, 2.45) is 0 Å². The van der Waals surface area contributed by atoms with Gasteiger partial charge in [-0.3, -0.25) is 14.4 Å². The number of anilines is 1. The predicted octanol–water partition coefficient (Wildman–Crippen LogP) is 4.00. The van der Waals surface area contributed by atoms with E-state index in [1.54, 1.807) is 52.0 Å². The van der Waals surface area contributed by atoms with Gasteiger partial charge in [-0.1, -0.05) is 17.7 Å². The highest BCUT2D eigenvalue weighted by Crippen LogP contribution is 2.46. The van der Waals surface area contributed by atoms with Crippen molar-refractivity contribution < 1.29 is 37.8 Å². The number of ether oxygens (including phenoxy) is 2. The monoisotopic (exact) mass is 586 g/mol. The topological polar surface area (TPSA) is 143 Å². The first kappa shape index (κ1) is 31.0. The quantitative estimate of drug-likeness (QED) is 0.371. The molecule has 2 atom stereocenters. The van der Waals surface area contributed by atoms with Gasteiger partial charge in [-0.25, -0.2) is 18.9 Å². The van der Waals surface area contributed by atoms with Gasteiger partial charge in [-0.15, -0.1) is 0 Å². The Hall–Kier alpha value is -3.96. The zero-order chi connectivity index (χ0) is 30.9. The number of rotatable bonds is 9. The van der Waals surface area contributed by atoms with Crippen molar-refractivity contribution in [2.75, 3.05) is 18.4 Å². The lowest BCUT2D eigenvalue weighted by molar-refractivity contribution is -0.139. The summed E-state index contributed by atoms with van der Waals surface area (Å²) in [5, 5.41) is 8.21. The van der Waals surface area contributed by atoms with Gasteiger partial charge in [0.25, 0.3) is 5.91 Å². The van der Waals surface area contributed by atoms with Crippen LogP contribution in [-0.4, -0.2) is 65.2 Å². The van der Waals surface area contributed by atoms with E-state index in [1.165, 1.54) is 6.92 Å². The smallest absolute Gasteiger partial charge is 0.418 e. The third-order valence-corrected chi connectivity index (χ3v) is 7.77. The van der Waals surface area contributed by atoms with E-state index >= 15 is 0 Å². The van der Waals surface area contributed by atoms with Crippen molar-refractivity contribution in [3.05, 3.63) is 41.0 Å². The standard InChI is InChI=1S/C30H39FN4O7/c1-6-19(14-18(2)31)16-32-23(36)17-35-25(38)30(42-27(35)40)13-10-20-15-21(8-9-22(20)30)33-24(37)29(11-7-12-29)34-26(39)41-28(3,4)5/h6,8-9,15,18H,7,10-14,16-17H2,1-5H3,(H,32,36)(H,33,37)(H,34,39)/b19-6+/t18?,30-/m1/s1. The maximum Gasteiger partial charge on any atom is 0.418 e. The van der Waals surface area contributed by atoms with Crippen LogP contribution in [0.15, 0.2) is 29.8 Å². The van der Waals surface area contributed by atoms with Crippen molar-refractivity contribution in [1.29, 1.82) is 0 Å². The molecule has 0 aromatic heterocycles. The van der Waals surface area contributed by atoms with Crippen LogP contribution in [-0.2, 0) is 35.9 Å². The van der Waals surface area contributed by atoms with Crippen LogP contribution in [0.4, 0.5) is 19.7 Å². The molecule has 5 amide bonds. The minimum absolute atomic E-state index is 0.109. The number of benzene rings is 1. The Morgan fingerprint density at radius 2 is 1.90 bits per heavy atom. The molecule has 1 saturated carbocycles. The van der Waals surface area contributed by atoms with Gasteiger partial charge < -0.3 is 25.4 Å². The number of alkyl carbamates (subject to hydrolysis) is 1. The Kier molecular flexibility index (Phi) is 8.65. The molecule has 11 nitrogen and oxygen atoms in total. The fraction of sp³-hybridized carbons (Fsp3) is 0.567. The zero-order valence-corrected chi connectivity index (χ0v) is 24.7. The van der Waals surface area contributed by atoms with E-state index in [4.69, 9.17) is 9.47 Å².